The first-order valence-electron chi connectivity index (χ1n) is 3.63. The van der Waals surface area contributed by atoms with Gasteiger partial charge in [0.05, 0.1) is 6.10 Å². The van der Waals surface area contributed by atoms with E-state index in [-0.39, 0.29) is 11.9 Å². The van der Waals surface area contributed by atoms with Crippen LogP contribution < -0.4 is 5.32 Å². The van der Waals surface area contributed by atoms with Gasteiger partial charge in [-0.15, -0.1) is 0 Å². The number of amides is 1. The lowest BCUT2D eigenvalue weighted by Gasteiger charge is -2.05. The van der Waals surface area contributed by atoms with Gasteiger partial charge in [0.2, 0.25) is 5.91 Å². The first kappa shape index (κ1) is 8.20. The van der Waals surface area contributed by atoms with Crippen LogP contribution in [0.25, 0.3) is 0 Å². The van der Waals surface area contributed by atoms with Gasteiger partial charge in [-0.25, -0.2) is 0 Å². The fraction of sp³-hybridized carbons (Fsp3) is 0.714. The van der Waals surface area contributed by atoms with E-state index >= 15 is 0 Å². The molecule has 4 heteroatoms. The van der Waals surface area contributed by atoms with E-state index in [1.165, 1.54) is 0 Å². The van der Waals surface area contributed by atoms with Gasteiger partial charge in [0, 0.05) is 6.42 Å². The highest BCUT2D eigenvalue weighted by atomic mass is 16.3. The molecule has 0 aromatic carbocycles. The van der Waals surface area contributed by atoms with Crippen LogP contribution in [0.4, 0.5) is 0 Å². The van der Waals surface area contributed by atoms with Crippen molar-refractivity contribution in [1.82, 2.24) is 5.32 Å². The minimum absolute atomic E-state index is 0.108. The number of rotatable bonds is 2. The van der Waals surface area contributed by atoms with E-state index in [4.69, 9.17) is 5.11 Å². The third-order valence-electron chi connectivity index (χ3n) is 1.52. The van der Waals surface area contributed by atoms with E-state index in [0.717, 1.165) is 0 Å². The Labute approximate surface area is 65.3 Å². The van der Waals surface area contributed by atoms with Gasteiger partial charge in [-0.2, -0.15) is 0 Å². The van der Waals surface area contributed by atoms with Gasteiger partial charge < -0.3 is 10.4 Å². The van der Waals surface area contributed by atoms with E-state index in [2.05, 4.69) is 10.3 Å². The molecule has 4 nitrogen and oxygen atoms in total. The summed E-state index contributed by atoms with van der Waals surface area (Å²) in [6, 6.07) is -0.380. The summed E-state index contributed by atoms with van der Waals surface area (Å²) in [4.78, 5) is 15.0. The highest BCUT2D eigenvalue weighted by Crippen LogP contribution is 2.07. The summed E-state index contributed by atoms with van der Waals surface area (Å²) >= 11 is 0. The molecule has 1 rings (SSSR count). The zero-order chi connectivity index (χ0) is 8.43. The average Bonchev–Trinajstić information content (AvgIpc) is 2.09. The number of aliphatic hydroxyl groups excluding tert-OH is 1. The van der Waals surface area contributed by atoms with Gasteiger partial charge in [-0.1, -0.05) is 0 Å². The van der Waals surface area contributed by atoms with Crippen molar-refractivity contribution >= 4 is 11.7 Å². The second-order valence-electron chi connectivity index (χ2n) is 2.80. The Balaban J connectivity index is 2.52. The van der Waals surface area contributed by atoms with Gasteiger partial charge in [-0.05, 0) is 13.8 Å². The fourth-order valence-corrected chi connectivity index (χ4v) is 1.07. The van der Waals surface area contributed by atoms with Crippen LogP contribution >= 0.6 is 0 Å². The quantitative estimate of drug-likeness (QED) is 0.575. The average molecular weight is 156 g/mol. The van der Waals surface area contributed by atoms with Crippen molar-refractivity contribution in [2.75, 3.05) is 0 Å². The predicted octanol–water partition coefficient (Wildman–Crippen LogP) is -0.326. The molecule has 0 saturated carbocycles. The van der Waals surface area contributed by atoms with Gasteiger partial charge >= 0.3 is 0 Å². The summed E-state index contributed by atoms with van der Waals surface area (Å²) in [5, 5.41) is 11.5. The smallest absolute Gasteiger partial charge is 0.250 e. The molecular weight excluding hydrogens is 144 g/mol. The lowest BCUT2D eigenvalue weighted by atomic mass is 10.1. The molecule has 62 valence electrons. The Kier molecular flexibility index (Phi) is 2.24. The van der Waals surface area contributed by atoms with Crippen molar-refractivity contribution in [3.8, 4) is 0 Å². The van der Waals surface area contributed by atoms with Gasteiger partial charge in [0.25, 0.3) is 0 Å². The van der Waals surface area contributed by atoms with Crippen LogP contribution in [-0.4, -0.2) is 29.0 Å². The molecule has 0 spiro atoms. The maximum absolute atomic E-state index is 11.0. The van der Waals surface area contributed by atoms with Crippen LogP contribution in [0.15, 0.2) is 4.99 Å². The third-order valence-corrected chi connectivity index (χ3v) is 1.52. The lowest BCUT2D eigenvalue weighted by Crippen LogP contribution is -2.29. The monoisotopic (exact) mass is 156 g/mol. The van der Waals surface area contributed by atoms with Crippen molar-refractivity contribution in [3.05, 3.63) is 0 Å². The predicted molar refractivity (Wildman–Crippen MR) is 41.3 cm³/mol. The standard InChI is InChI=1S/C7H12N2O2/c1-4(10)3-6-7(11)9-5(2)8-6/h4,6,10H,3H2,1-2H3,(H,8,9,11). The summed E-state index contributed by atoms with van der Waals surface area (Å²) in [5.74, 6) is 0.532. The summed E-state index contributed by atoms with van der Waals surface area (Å²) in [6.45, 7) is 3.39. The van der Waals surface area contributed by atoms with Crippen LogP contribution in [0.3, 0.4) is 0 Å². The Morgan fingerprint density at radius 1 is 1.82 bits per heavy atom. The number of amidine groups is 1. The van der Waals surface area contributed by atoms with Gasteiger partial charge in [0.15, 0.2) is 0 Å². The zero-order valence-corrected chi connectivity index (χ0v) is 6.66. The molecule has 1 aliphatic heterocycles. The maximum atomic E-state index is 11.0. The molecular formula is C7H12N2O2. The lowest BCUT2D eigenvalue weighted by molar-refractivity contribution is -0.120. The molecule has 2 unspecified atom stereocenters. The SMILES string of the molecule is CC1=NC(CC(C)O)C(=O)N1. The molecule has 1 amide bonds. The summed E-state index contributed by atoms with van der Waals surface area (Å²) in [6.07, 6.45) is -0.0659. The van der Waals surface area contributed by atoms with Crippen molar-refractivity contribution in [2.45, 2.75) is 32.4 Å². The maximum Gasteiger partial charge on any atom is 0.250 e. The highest BCUT2D eigenvalue weighted by molar-refractivity contribution is 6.04. The van der Waals surface area contributed by atoms with Gasteiger partial charge in [-0.3, -0.25) is 9.79 Å². The number of carbonyl (C=O) groups is 1. The molecule has 0 aromatic heterocycles. The number of hydrogen-bond acceptors (Lipinski definition) is 3. The highest BCUT2D eigenvalue weighted by Gasteiger charge is 2.24. The number of nitrogens with one attached hydrogen (secondary N) is 1. The minimum Gasteiger partial charge on any atom is -0.393 e. The Morgan fingerprint density at radius 3 is 2.82 bits per heavy atom. The van der Waals surface area contributed by atoms with Crippen LogP contribution in [0.5, 0.6) is 0 Å². The Morgan fingerprint density at radius 2 is 2.45 bits per heavy atom. The molecule has 2 N–H and O–H groups in total. The van der Waals surface area contributed by atoms with E-state index in [9.17, 15) is 4.79 Å². The van der Waals surface area contributed by atoms with E-state index < -0.39 is 6.10 Å². The van der Waals surface area contributed by atoms with Crippen molar-refractivity contribution in [3.63, 3.8) is 0 Å². The molecule has 11 heavy (non-hydrogen) atoms. The number of hydrogen-bond donors (Lipinski definition) is 2. The largest absolute Gasteiger partial charge is 0.393 e. The third kappa shape index (κ3) is 2.01. The van der Waals surface area contributed by atoms with Gasteiger partial charge in [0.1, 0.15) is 11.9 Å². The van der Waals surface area contributed by atoms with Crippen LogP contribution in [0, 0.1) is 0 Å². The van der Waals surface area contributed by atoms with Crippen LogP contribution in [-0.2, 0) is 4.79 Å². The van der Waals surface area contributed by atoms with Crippen molar-refractivity contribution in [2.24, 2.45) is 4.99 Å². The molecule has 1 heterocycles. The number of nitrogens with zero attached hydrogens (tertiary/aromatic N) is 1. The number of aliphatic hydroxyl groups is 1. The molecule has 0 radical (unpaired) electrons. The minimum atomic E-state index is -0.472. The Bertz CT molecular complexity index is 199. The normalized spacial score (nSPS) is 26.3. The molecule has 0 aliphatic carbocycles. The molecule has 0 aromatic rings. The first-order valence-corrected chi connectivity index (χ1v) is 3.63. The van der Waals surface area contributed by atoms with Crippen LogP contribution in [0.2, 0.25) is 0 Å². The molecule has 0 fully saturated rings. The topological polar surface area (TPSA) is 61.7 Å². The van der Waals surface area contributed by atoms with Crippen molar-refractivity contribution < 1.29 is 9.90 Å². The van der Waals surface area contributed by atoms with E-state index in [1.807, 2.05) is 0 Å². The molecule has 0 saturated heterocycles. The van der Waals surface area contributed by atoms with E-state index in [1.54, 1.807) is 13.8 Å². The summed E-state index contributed by atoms with van der Waals surface area (Å²) in [5.41, 5.74) is 0. The Hall–Kier alpha value is -0.900. The summed E-state index contributed by atoms with van der Waals surface area (Å²) in [7, 11) is 0. The molecule has 0 bridgehead atoms. The number of carbonyl (C=O) groups excluding carboxylic acids is 1. The zero-order valence-electron chi connectivity index (χ0n) is 6.66. The van der Waals surface area contributed by atoms with Crippen molar-refractivity contribution in [1.29, 1.82) is 0 Å². The first-order chi connectivity index (χ1) is 5.09. The van der Waals surface area contributed by atoms with E-state index in [0.29, 0.717) is 12.3 Å². The molecule has 2 atom stereocenters. The second kappa shape index (κ2) is 3.00. The number of aliphatic imine (C=N–C) groups is 1. The second-order valence-corrected chi connectivity index (χ2v) is 2.80. The fourth-order valence-electron chi connectivity index (χ4n) is 1.07. The molecule has 1 aliphatic rings. The summed E-state index contributed by atoms with van der Waals surface area (Å²) < 4.78 is 0. The van der Waals surface area contributed by atoms with Crippen LogP contribution in [0.1, 0.15) is 20.3 Å².